The minimum Gasteiger partial charge on any atom is -0.476 e. The first-order chi connectivity index (χ1) is 5.85. The van der Waals surface area contributed by atoms with Gasteiger partial charge in [0.05, 0.1) is 6.10 Å². The fourth-order valence-electron chi connectivity index (χ4n) is 0.540. The Hall–Kier alpha value is -0.160. The van der Waals surface area contributed by atoms with Crippen molar-refractivity contribution in [3.8, 4) is 0 Å². The van der Waals surface area contributed by atoms with Crippen molar-refractivity contribution >= 4 is 24.4 Å². The molecule has 0 atom stereocenters. The molecule has 0 fully saturated rings. The average Bonchev–Trinajstić information content (AvgIpc) is 1.95. The fraction of sp³-hybridized carbons (Fsp3) is 0.833. The summed E-state index contributed by atoms with van der Waals surface area (Å²) in [6.07, 6.45) is 0.477. The van der Waals surface area contributed by atoms with E-state index < -0.39 is 6.72 Å². The van der Waals surface area contributed by atoms with Gasteiger partial charge in [-0.1, -0.05) is 6.92 Å². The van der Waals surface area contributed by atoms with Gasteiger partial charge < -0.3 is 19.1 Å². The molecule has 0 saturated heterocycles. The maximum absolute atomic E-state index is 8.69. The largest absolute Gasteiger partial charge is 0.476 e. The molecule has 0 aromatic heterocycles. The van der Waals surface area contributed by atoms with Gasteiger partial charge in [-0.25, -0.2) is 0 Å². The third-order valence-corrected chi connectivity index (χ3v) is 1.42. The summed E-state index contributed by atoms with van der Waals surface area (Å²) in [4.78, 5) is 17.4. The first-order valence-electron chi connectivity index (χ1n) is 3.83. The van der Waals surface area contributed by atoms with Gasteiger partial charge in [0.15, 0.2) is 0 Å². The van der Waals surface area contributed by atoms with Crippen LogP contribution in [0.5, 0.6) is 0 Å². The van der Waals surface area contributed by atoms with E-state index in [1.807, 2.05) is 20.8 Å². The zero-order valence-electron chi connectivity index (χ0n) is 7.80. The van der Waals surface area contributed by atoms with Crippen molar-refractivity contribution in [2.75, 3.05) is 0 Å². The molecular weight excluding hydrogens is 213 g/mol. The fourth-order valence-corrected chi connectivity index (χ4v) is 0.838. The highest BCUT2D eigenvalue weighted by atomic mass is 32.5. The van der Waals surface area contributed by atoms with E-state index in [2.05, 4.69) is 21.6 Å². The summed E-state index contributed by atoms with van der Waals surface area (Å²) in [6, 6.07) is 0. The third kappa shape index (κ3) is 8.18. The van der Waals surface area contributed by atoms with Gasteiger partial charge in [-0.15, -0.1) is 0 Å². The summed E-state index contributed by atoms with van der Waals surface area (Å²) in [5, 5.41) is 3.39. The molecule has 0 spiro atoms. The normalized spacial score (nSPS) is 13.2. The van der Waals surface area contributed by atoms with Crippen molar-refractivity contribution in [1.29, 1.82) is 0 Å². The number of hydrogen-bond acceptors (Lipinski definition) is 4. The molecule has 13 heavy (non-hydrogen) atoms. The monoisotopic (exact) mass is 227 g/mol. The molecule has 5 nitrogen and oxygen atoms in total. The van der Waals surface area contributed by atoms with Gasteiger partial charge in [0.1, 0.15) is 0 Å². The third-order valence-electron chi connectivity index (χ3n) is 0.923. The molecule has 0 aliphatic carbocycles. The predicted octanol–water partition coefficient (Wildman–Crippen LogP) is 1.36. The maximum atomic E-state index is 8.69. The van der Waals surface area contributed by atoms with Crippen LogP contribution in [0.1, 0.15) is 27.2 Å². The van der Waals surface area contributed by atoms with Gasteiger partial charge in [0.25, 0.3) is 0 Å². The van der Waals surface area contributed by atoms with Crippen molar-refractivity contribution in [2.45, 2.75) is 33.3 Å². The highest BCUT2D eigenvalue weighted by Crippen LogP contribution is 2.36. The molecule has 0 amide bonds. The van der Waals surface area contributed by atoms with Crippen LogP contribution in [0.3, 0.4) is 0 Å². The minimum absolute atomic E-state index is 0.0301. The molecule has 78 valence electrons. The van der Waals surface area contributed by atoms with Crippen molar-refractivity contribution in [1.82, 2.24) is 0 Å². The first-order valence-corrected chi connectivity index (χ1v) is 6.45. The summed E-state index contributed by atoms with van der Waals surface area (Å²) < 4.78 is 9.45. The standard InChI is InChI=1S/C6H14NO4PS/c1-4-6(10-5(2)3)7-11-12(8,9)13/h5H,4H2,1-3H3,(H2,8,9,13)/b7-6+. The molecule has 0 unspecified atom stereocenters. The number of rotatable bonds is 4. The molecule has 0 aliphatic heterocycles. The SMILES string of the molecule is CC/C(=N\OP(O)(O)=S)OC(C)C. The Morgan fingerprint density at radius 3 is 2.38 bits per heavy atom. The zero-order chi connectivity index (χ0) is 10.5. The number of oxime groups is 1. The van der Waals surface area contributed by atoms with Crippen LogP contribution in [-0.2, 0) is 21.2 Å². The first kappa shape index (κ1) is 12.8. The van der Waals surface area contributed by atoms with E-state index in [0.29, 0.717) is 12.3 Å². The lowest BCUT2D eigenvalue weighted by Crippen LogP contribution is -2.10. The average molecular weight is 227 g/mol. The van der Waals surface area contributed by atoms with E-state index in [9.17, 15) is 0 Å². The van der Waals surface area contributed by atoms with Crippen LogP contribution in [0, 0.1) is 0 Å². The summed E-state index contributed by atoms with van der Waals surface area (Å²) in [5.41, 5.74) is 0. The summed E-state index contributed by atoms with van der Waals surface area (Å²) in [7, 11) is 0. The Balaban J connectivity index is 4.15. The lowest BCUT2D eigenvalue weighted by molar-refractivity contribution is 0.194. The van der Waals surface area contributed by atoms with Gasteiger partial charge >= 0.3 is 6.72 Å². The molecule has 0 rings (SSSR count). The summed E-state index contributed by atoms with van der Waals surface area (Å²) >= 11 is 4.20. The van der Waals surface area contributed by atoms with Crippen LogP contribution in [0.25, 0.3) is 0 Å². The summed E-state index contributed by atoms with van der Waals surface area (Å²) in [5.74, 6) is 0.298. The minimum atomic E-state index is -3.71. The Bertz CT molecular complexity index is 225. The lowest BCUT2D eigenvalue weighted by Gasteiger charge is -2.11. The van der Waals surface area contributed by atoms with Crippen molar-refractivity contribution in [2.24, 2.45) is 5.16 Å². The van der Waals surface area contributed by atoms with Gasteiger partial charge in [-0.3, -0.25) is 0 Å². The quantitative estimate of drug-likeness (QED) is 0.328. The topological polar surface area (TPSA) is 71.3 Å². The predicted molar refractivity (Wildman–Crippen MR) is 53.8 cm³/mol. The van der Waals surface area contributed by atoms with E-state index in [1.165, 1.54) is 0 Å². The number of ether oxygens (including phenoxy) is 1. The van der Waals surface area contributed by atoms with Crippen LogP contribution < -0.4 is 0 Å². The van der Waals surface area contributed by atoms with Crippen molar-refractivity contribution < 1.29 is 19.1 Å². The van der Waals surface area contributed by atoms with Crippen LogP contribution in [-0.4, -0.2) is 21.8 Å². The molecular formula is C6H14NO4PS. The number of nitrogens with zero attached hydrogens (tertiary/aromatic N) is 1. The van der Waals surface area contributed by atoms with Gasteiger partial charge in [0.2, 0.25) is 5.90 Å². The highest BCUT2D eigenvalue weighted by Gasteiger charge is 2.09. The second-order valence-electron chi connectivity index (χ2n) is 2.58. The molecule has 0 bridgehead atoms. The second-order valence-corrected chi connectivity index (χ2v) is 5.15. The molecule has 0 aromatic rings. The van der Waals surface area contributed by atoms with Crippen LogP contribution in [0.2, 0.25) is 0 Å². The van der Waals surface area contributed by atoms with E-state index in [-0.39, 0.29) is 6.10 Å². The van der Waals surface area contributed by atoms with E-state index in [0.717, 1.165) is 0 Å². The Morgan fingerprint density at radius 1 is 1.54 bits per heavy atom. The lowest BCUT2D eigenvalue weighted by atomic mass is 10.4. The molecule has 2 N–H and O–H groups in total. The highest BCUT2D eigenvalue weighted by molar-refractivity contribution is 8.06. The van der Waals surface area contributed by atoms with Gasteiger partial charge in [0, 0.05) is 18.2 Å². The van der Waals surface area contributed by atoms with E-state index >= 15 is 0 Å². The Labute approximate surface area is 82.6 Å². The zero-order valence-corrected chi connectivity index (χ0v) is 9.51. The van der Waals surface area contributed by atoms with Crippen LogP contribution in [0.4, 0.5) is 0 Å². The molecule has 0 saturated carbocycles. The Morgan fingerprint density at radius 2 is 2.08 bits per heavy atom. The Kier molecular flexibility index (Phi) is 5.48. The van der Waals surface area contributed by atoms with Crippen molar-refractivity contribution in [3.63, 3.8) is 0 Å². The molecule has 0 heterocycles. The molecule has 0 aromatic carbocycles. The van der Waals surface area contributed by atoms with Crippen LogP contribution in [0.15, 0.2) is 5.16 Å². The van der Waals surface area contributed by atoms with Gasteiger partial charge in [-0.2, -0.15) is 0 Å². The van der Waals surface area contributed by atoms with Crippen molar-refractivity contribution in [3.05, 3.63) is 0 Å². The molecule has 0 radical (unpaired) electrons. The van der Waals surface area contributed by atoms with E-state index in [1.54, 1.807) is 0 Å². The molecule has 0 aliphatic rings. The number of hydrogen-bond donors (Lipinski definition) is 2. The van der Waals surface area contributed by atoms with Crippen LogP contribution >= 0.6 is 6.72 Å². The van der Waals surface area contributed by atoms with E-state index in [4.69, 9.17) is 14.5 Å². The maximum Gasteiger partial charge on any atom is 0.397 e. The summed E-state index contributed by atoms with van der Waals surface area (Å²) in [6.45, 7) is 1.76. The second kappa shape index (κ2) is 5.54. The van der Waals surface area contributed by atoms with Gasteiger partial charge in [-0.05, 0) is 19.0 Å². The molecule has 7 heteroatoms. The smallest absolute Gasteiger partial charge is 0.397 e.